The molecule has 0 saturated carbocycles. The number of hydrogen-bond acceptors (Lipinski definition) is 10. The first-order chi connectivity index (χ1) is 19.9. The Labute approximate surface area is 243 Å². The van der Waals surface area contributed by atoms with Crippen LogP contribution in [-0.2, 0) is 29.0 Å². The molecule has 0 atom stereocenters. The average molecular weight is 568 g/mol. The molecule has 1 aliphatic heterocycles. The SMILES string of the molecule is CCCCOc1nc(N)c2nc(OC)n(CC3CCN(CCCN(C)Cc4cccc(CC(=O)OC)c4)CC3)c2n1. The van der Waals surface area contributed by atoms with Crippen molar-refractivity contribution in [2.75, 3.05) is 59.8 Å². The lowest BCUT2D eigenvalue weighted by Gasteiger charge is -2.32. The number of hydrogen-bond donors (Lipinski definition) is 1. The van der Waals surface area contributed by atoms with E-state index in [0.717, 1.165) is 76.9 Å². The first-order valence-electron chi connectivity index (χ1n) is 14.7. The third-order valence-corrected chi connectivity index (χ3v) is 7.66. The van der Waals surface area contributed by atoms with Gasteiger partial charge in [-0.15, -0.1) is 0 Å². The Hall–Kier alpha value is -3.44. The van der Waals surface area contributed by atoms with Crippen LogP contribution in [0.1, 0.15) is 50.2 Å². The highest BCUT2D eigenvalue weighted by Crippen LogP contribution is 2.29. The summed E-state index contributed by atoms with van der Waals surface area (Å²) in [5.74, 6) is 0.599. The molecule has 3 aromatic rings. The van der Waals surface area contributed by atoms with Crippen molar-refractivity contribution in [1.29, 1.82) is 0 Å². The van der Waals surface area contributed by atoms with Crippen molar-refractivity contribution in [2.24, 2.45) is 5.92 Å². The summed E-state index contributed by atoms with van der Waals surface area (Å²) in [5.41, 5.74) is 9.63. The maximum Gasteiger partial charge on any atom is 0.320 e. The molecule has 2 N–H and O–H groups in total. The van der Waals surface area contributed by atoms with Crippen LogP contribution in [0.25, 0.3) is 11.2 Å². The fourth-order valence-electron chi connectivity index (χ4n) is 5.36. The lowest BCUT2D eigenvalue weighted by atomic mass is 9.96. The van der Waals surface area contributed by atoms with Gasteiger partial charge in [0.05, 0.1) is 27.2 Å². The fraction of sp³-hybridized carbons (Fsp3) is 0.600. The van der Waals surface area contributed by atoms with E-state index in [1.807, 2.05) is 16.7 Å². The van der Waals surface area contributed by atoms with Crippen molar-refractivity contribution in [1.82, 2.24) is 29.3 Å². The van der Waals surface area contributed by atoms with Gasteiger partial charge in [0, 0.05) is 13.1 Å². The average Bonchev–Trinajstić information content (AvgIpc) is 3.32. The second kappa shape index (κ2) is 15.0. The van der Waals surface area contributed by atoms with E-state index in [1.165, 1.54) is 12.7 Å². The van der Waals surface area contributed by atoms with Gasteiger partial charge in [0.15, 0.2) is 17.0 Å². The summed E-state index contributed by atoms with van der Waals surface area (Å²) in [5, 5.41) is 0. The molecule has 1 saturated heterocycles. The topological polar surface area (TPSA) is 121 Å². The van der Waals surface area contributed by atoms with E-state index in [2.05, 4.69) is 50.9 Å². The number of carbonyl (C=O) groups excluding carboxylic acids is 1. The molecule has 11 nitrogen and oxygen atoms in total. The molecule has 3 heterocycles. The summed E-state index contributed by atoms with van der Waals surface area (Å²) in [7, 11) is 5.20. The number of esters is 1. The zero-order chi connectivity index (χ0) is 29.2. The molecular formula is C30H45N7O4. The van der Waals surface area contributed by atoms with Crippen molar-refractivity contribution >= 4 is 23.0 Å². The van der Waals surface area contributed by atoms with E-state index in [9.17, 15) is 4.79 Å². The maximum atomic E-state index is 11.6. The number of nitrogens with two attached hydrogens (primary N) is 1. The molecule has 224 valence electrons. The number of unbranched alkanes of at least 4 members (excludes halogenated alkanes) is 1. The lowest BCUT2D eigenvalue weighted by molar-refractivity contribution is -0.139. The highest BCUT2D eigenvalue weighted by Gasteiger charge is 2.24. The van der Waals surface area contributed by atoms with Gasteiger partial charge in [0.1, 0.15) is 0 Å². The molecule has 0 radical (unpaired) electrons. The highest BCUT2D eigenvalue weighted by atomic mass is 16.5. The molecule has 0 unspecified atom stereocenters. The Morgan fingerprint density at radius 1 is 1.12 bits per heavy atom. The Bertz CT molecular complexity index is 1270. The van der Waals surface area contributed by atoms with E-state index >= 15 is 0 Å². The van der Waals surface area contributed by atoms with Crippen LogP contribution in [-0.4, -0.2) is 89.3 Å². The van der Waals surface area contributed by atoms with Gasteiger partial charge in [-0.3, -0.25) is 9.36 Å². The normalized spacial score (nSPS) is 14.6. The number of nitrogen functional groups attached to an aromatic ring is 1. The summed E-state index contributed by atoms with van der Waals surface area (Å²) >= 11 is 0. The number of carbonyl (C=O) groups is 1. The largest absolute Gasteiger partial charge is 0.469 e. The molecule has 0 amide bonds. The van der Waals surface area contributed by atoms with E-state index in [1.54, 1.807) is 7.11 Å². The number of rotatable bonds is 15. The zero-order valence-corrected chi connectivity index (χ0v) is 25.0. The van der Waals surface area contributed by atoms with Gasteiger partial charge >= 0.3 is 12.0 Å². The van der Waals surface area contributed by atoms with Gasteiger partial charge in [0.25, 0.3) is 6.01 Å². The number of fused-ring (bicyclic) bond motifs is 1. The molecule has 4 rings (SSSR count). The molecule has 2 aromatic heterocycles. The number of anilines is 1. The van der Waals surface area contributed by atoms with Crippen LogP contribution in [0.5, 0.6) is 12.0 Å². The van der Waals surface area contributed by atoms with Crippen molar-refractivity contribution in [3.05, 3.63) is 35.4 Å². The number of methoxy groups -OCH3 is 2. The smallest absolute Gasteiger partial charge is 0.320 e. The van der Waals surface area contributed by atoms with Gasteiger partial charge in [0.2, 0.25) is 0 Å². The third-order valence-electron chi connectivity index (χ3n) is 7.66. The Morgan fingerprint density at radius 3 is 2.63 bits per heavy atom. The van der Waals surface area contributed by atoms with E-state index in [0.29, 0.717) is 47.9 Å². The molecule has 41 heavy (non-hydrogen) atoms. The molecule has 1 aromatic carbocycles. The molecule has 1 aliphatic rings. The minimum Gasteiger partial charge on any atom is -0.469 e. The summed E-state index contributed by atoms with van der Waals surface area (Å²) in [6.45, 7) is 8.55. The molecule has 11 heteroatoms. The van der Waals surface area contributed by atoms with Crippen LogP contribution < -0.4 is 15.2 Å². The van der Waals surface area contributed by atoms with Crippen LogP contribution in [0.3, 0.4) is 0 Å². The monoisotopic (exact) mass is 567 g/mol. The minimum absolute atomic E-state index is 0.211. The second-order valence-electron chi connectivity index (χ2n) is 10.9. The van der Waals surface area contributed by atoms with Crippen molar-refractivity contribution in [3.63, 3.8) is 0 Å². The van der Waals surface area contributed by atoms with Gasteiger partial charge in [-0.2, -0.15) is 15.0 Å². The zero-order valence-electron chi connectivity index (χ0n) is 25.0. The Kier molecular flexibility index (Phi) is 11.1. The van der Waals surface area contributed by atoms with Gasteiger partial charge in [-0.25, -0.2) is 0 Å². The number of nitrogens with zero attached hydrogens (tertiary/aromatic N) is 6. The Balaban J connectivity index is 1.24. The predicted octanol–water partition coefficient (Wildman–Crippen LogP) is 3.55. The van der Waals surface area contributed by atoms with Crippen LogP contribution >= 0.6 is 0 Å². The minimum atomic E-state index is -0.211. The first-order valence-corrected chi connectivity index (χ1v) is 14.7. The van der Waals surface area contributed by atoms with Crippen LogP contribution in [0.15, 0.2) is 24.3 Å². The number of aromatic nitrogens is 4. The van der Waals surface area contributed by atoms with E-state index < -0.39 is 0 Å². The van der Waals surface area contributed by atoms with Gasteiger partial charge in [-0.1, -0.05) is 37.6 Å². The molecule has 1 fully saturated rings. The molecule has 0 aliphatic carbocycles. The van der Waals surface area contributed by atoms with Crippen molar-refractivity contribution < 1.29 is 19.0 Å². The molecular weight excluding hydrogens is 522 g/mol. The van der Waals surface area contributed by atoms with Crippen LogP contribution in [0.4, 0.5) is 5.82 Å². The summed E-state index contributed by atoms with van der Waals surface area (Å²) in [6, 6.07) is 8.99. The van der Waals surface area contributed by atoms with E-state index in [-0.39, 0.29) is 5.97 Å². The van der Waals surface area contributed by atoms with Crippen LogP contribution in [0.2, 0.25) is 0 Å². The fourth-order valence-corrected chi connectivity index (χ4v) is 5.36. The molecule has 0 bridgehead atoms. The van der Waals surface area contributed by atoms with Gasteiger partial charge < -0.3 is 29.7 Å². The summed E-state index contributed by atoms with van der Waals surface area (Å²) in [4.78, 5) is 30.0. The number of benzene rings is 1. The van der Waals surface area contributed by atoms with Crippen molar-refractivity contribution in [2.45, 2.75) is 58.5 Å². The van der Waals surface area contributed by atoms with Gasteiger partial charge in [-0.05, 0) is 76.0 Å². The second-order valence-corrected chi connectivity index (χ2v) is 10.9. The number of likely N-dealkylation sites (tertiary alicyclic amines) is 1. The lowest BCUT2D eigenvalue weighted by Crippen LogP contribution is -2.36. The quantitative estimate of drug-likeness (QED) is 0.216. The summed E-state index contributed by atoms with van der Waals surface area (Å²) in [6.07, 6.45) is 5.60. The third kappa shape index (κ3) is 8.53. The Morgan fingerprint density at radius 2 is 1.90 bits per heavy atom. The van der Waals surface area contributed by atoms with Crippen LogP contribution in [0, 0.1) is 5.92 Å². The maximum absolute atomic E-state index is 11.6. The highest BCUT2D eigenvalue weighted by molar-refractivity contribution is 5.83. The van der Waals surface area contributed by atoms with Crippen molar-refractivity contribution in [3.8, 4) is 12.0 Å². The number of imidazole rings is 1. The summed E-state index contributed by atoms with van der Waals surface area (Å²) < 4.78 is 18.1. The molecule has 0 spiro atoms. The first kappa shape index (κ1) is 30.5. The number of ether oxygens (including phenoxy) is 3. The van der Waals surface area contributed by atoms with E-state index in [4.69, 9.17) is 19.9 Å². The number of piperidine rings is 1. The predicted molar refractivity (Wildman–Crippen MR) is 159 cm³/mol. The standard InChI is InChI=1S/C30H45N7O4/c1-5-6-17-41-29-33-27(31)26-28(34-29)37(30(32-26)40-4)21-22-11-15-36(16-12-22)14-8-13-35(2)20-24-10-7-9-23(18-24)19-25(38)39-3/h7,9-10,18,22H,5-6,8,11-17,19-21H2,1-4H3,(H2,31,33,34).